The molecular formula is C13H19N3O3. The van der Waals surface area contributed by atoms with E-state index in [1.54, 1.807) is 25.4 Å². The van der Waals surface area contributed by atoms with Crippen molar-refractivity contribution in [2.24, 2.45) is 0 Å². The molecule has 2 amide bonds. The number of methoxy groups -OCH3 is 1. The second-order valence-corrected chi connectivity index (χ2v) is 4.69. The van der Waals surface area contributed by atoms with Crippen molar-refractivity contribution in [1.82, 2.24) is 10.3 Å². The molecule has 1 aliphatic carbocycles. The number of nitrogens with one attached hydrogen (secondary N) is 2. The molecule has 0 aromatic carbocycles. The van der Waals surface area contributed by atoms with Crippen LogP contribution in [0.2, 0.25) is 0 Å². The first-order valence-corrected chi connectivity index (χ1v) is 6.43. The summed E-state index contributed by atoms with van der Waals surface area (Å²) in [5, 5.41) is 15.0. The number of nitrogens with zero attached hydrogens (tertiary/aromatic N) is 1. The van der Waals surface area contributed by atoms with Crippen molar-refractivity contribution in [3.8, 4) is 5.88 Å². The van der Waals surface area contributed by atoms with Gasteiger partial charge >= 0.3 is 6.03 Å². The van der Waals surface area contributed by atoms with E-state index in [1.807, 2.05) is 0 Å². The Hall–Kier alpha value is -1.82. The predicted octanol–water partition coefficient (Wildman–Crippen LogP) is 1.52. The molecule has 0 unspecified atom stereocenters. The average Bonchev–Trinajstić information content (AvgIpc) is 2.42. The predicted molar refractivity (Wildman–Crippen MR) is 71.2 cm³/mol. The zero-order chi connectivity index (χ0) is 13.7. The van der Waals surface area contributed by atoms with E-state index in [4.69, 9.17) is 4.74 Å². The van der Waals surface area contributed by atoms with Crippen molar-refractivity contribution in [3.05, 3.63) is 18.3 Å². The highest BCUT2D eigenvalue weighted by molar-refractivity contribution is 5.89. The molecule has 6 heteroatoms. The minimum Gasteiger partial charge on any atom is -0.481 e. The van der Waals surface area contributed by atoms with Gasteiger partial charge < -0.3 is 20.5 Å². The van der Waals surface area contributed by atoms with E-state index in [0.717, 1.165) is 25.7 Å². The van der Waals surface area contributed by atoms with Crippen molar-refractivity contribution in [3.63, 3.8) is 0 Å². The van der Waals surface area contributed by atoms with Gasteiger partial charge in [-0.05, 0) is 31.7 Å². The molecule has 0 radical (unpaired) electrons. The van der Waals surface area contributed by atoms with Crippen LogP contribution in [0.3, 0.4) is 0 Å². The Balaban J connectivity index is 1.80. The second kappa shape index (κ2) is 6.38. The number of amides is 2. The maximum atomic E-state index is 11.8. The van der Waals surface area contributed by atoms with Gasteiger partial charge in [-0.1, -0.05) is 0 Å². The number of pyridine rings is 1. The van der Waals surface area contributed by atoms with Gasteiger partial charge in [0.15, 0.2) is 0 Å². The van der Waals surface area contributed by atoms with Gasteiger partial charge in [-0.3, -0.25) is 0 Å². The molecule has 0 atom stereocenters. The van der Waals surface area contributed by atoms with Gasteiger partial charge in [0.05, 0.1) is 25.1 Å². The normalized spacial score (nSPS) is 22.6. The van der Waals surface area contributed by atoms with Crippen LogP contribution in [0.5, 0.6) is 5.88 Å². The van der Waals surface area contributed by atoms with Crippen molar-refractivity contribution < 1.29 is 14.6 Å². The van der Waals surface area contributed by atoms with Gasteiger partial charge in [0.2, 0.25) is 5.88 Å². The fourth-order valence-corrected chi connectivity index (χ4v) is 2.15. The van der Waals surface area contributed by atoms with Crippen LogP contribution >= 0.6 is 0 Å². The molecule has 1 saturated carbocycles. The second-order valence-electron chi connectivity index (χ2n) is 4.69. The Kier molecular flexibility index (Phi) is 4.57. The lowest BCUT2D eigenvalue weighted by Gasteiger charge is -2.26. The van der Waals surface area contributed by atoms with E-state index in [9.17, 15) is 9.90 Å². The number of aromatic nitrogens is 1. The summed E-state index contributed by atoms with van der Waals surface area (Å²) in [4.78, 5) is 15.8. The number of carbonyl (C=O) groups is 1. The summed E-state index contributed by atoms with van der Waals surface area (Å²) < 4.78 is 4.94. The molecule has 3 N–H and O–H groups in total. The van der Waals surface area contributed by atoms with Crippen molar-refractivity contribution in [1.29, 1.82) is 0 Å². The van der Waals surface area contributed by atoms with E-state index in [0.29, 0.717) is 11.6 Å². The largest absolute Gasteiger partial charge is 0.481 e. The average molecular weight is 265 g/mol. The number of ether oxygens (including phenoxy) is 1. The van der Waals surface area contributed by atoms with E-state index >= 15 is 0 Å². The molecule has 0 bridgehead atoms. The number of aliphatic hydroxyl groups is 1. The molecule has 1 aromatic rings. The Bertz CT molecular complexity index is 414. The van der Waals surface area contributed by atoms with E-state index in [2.05, 4.69) is 15.6 Å². The van der Waals surface area contributed by atoms with Crippen LogP contribution in [0.4, 0.5) is 10.5 Å². The number of carbonyl (C=O) groups excluding carboxylic acids is 1. The van der Waals surface area contributed by atoms with Gasteiger partial charge in [0, 0.05) is 12.1 Å². The van der Waals surface area contributed by atoms with Crippen molar-refractivity contribution in [2.45, 2.75) is 37.8 Å². The van der Waals surface area contributed by atoms with Crippen LogP contribution in [0.15, 0.2) is 18.3 Å². The van der Waals surface area contributed by atoms with Crippen LogP contribution in [-0.2, 0) is 0 Å². The smallest absolute Gasteiger partial charge is 0.319 e. The van der Waals surface area contributed by atoms with Crippen molar-refractivity contribution >= 4 is 11.7 Å². The fourth-order valence-electron chi connectivity index (χ4n) is 2.15. The lowest BCUT2D eigenvalue weighted by atomic mass is 9.93. The van der Waals surface area contributed by atoms with Crippen molar-refractivity contribution in [2.75, 3.05) is 12.4 Å². The Labute approximate surface area is 112 Å². The molecule has 6 nitrogen and oxygen atoms in total. The molecular weight excluding hydrogens is 246 g/mol. The summed E-state index contributed by atoms with van der Waals surface area (Å²) >= 11 is 0. The zero-order valence-electron chi connectivity index (χ0n) is 10.9. The van der Waals surface area contributed by atoms with Gasteiger partial charge in [-0.25, -0.2) is 9.78 Å². The third-order valence-corrected chi connectivity index (χ3v) is 3.24. The van der Waals surface area contributed by atoms with E-state index in [1.165, 1.54) is 0 Å². The number of anilines is 1. The quantitative estimate of drug-likeness (QED) is 0.773. The highest BCUT2D eigenvalue weighted by Crippen LogP contribution is 2.18. The van der Waals surface area contributed by atoms with Crippen LogP contribution in [0, 0.1) is 0 Å². The molecule has 2 rings (SSSR count). The standard InChI is InChI=1S/C13H19N3O3/c1-19-12-7-4-10(8-14-12)16-13(18)15-9-2-5-11(17)6-3-9/h4,7-9,11,17H,2-3,5-6H2,1H3,(H2,15,16,18). The zero-order valence-corrected chi connectivity index (χ0v) is 10.9. The minimum absolute atomic E-state index is 0.134. The van der Waals surface area contributed by atoms with E-state index < -0.39 is 0 Å². The first-order chi connectivity index (χ1) is 9.17. The lowest BCUT2D eigenvalue weighted by Crippen LogP contribution is -2.40. The third-order valence-electron chi connectivity index (χ3n) is 3.24. The topological polar surface area (TPSA) is 83.5 Å². The number of hydrogen-bond acceptors (Lipinski definition) is 4. The number of rotatable bonds is 3. The number of urea groups is 1. The Morgan fingerprint density at radius 2 is 2.11 bits per heavy atom. The van der Waals surface area contributed by atoms with Gasteiger partial charge in [0.25, 0.3) is 0 Å². The van der Waals surface area contributed by atoms with Crippen LogP contribution in [0.25, 0.3) is 0 Å². The number of aliphatic hydroxyl groups excluding tert-OH is 1. The monoisotopic (exact) mass is 265 g/mol. The molecule has 0 saturated heterocycles. The van der Waals surface area contributed by atoms with Crippen LogP contribution in [0.1, 0.15) is 25.7 Å². The molecule has 1 aromatic heterocycles. The molecule has 0 aliphatic heterocycles. The van der Waals surface area contributed by atoms with Gasteiger partial charge in [-0.15, -0.1) is 0 Å². The molecule has 1 aliphatic rings. The molecule has 1 heterocycles. The maximum Gasteiger partial charge on any atom is 0.319 e. The summed E-state index contributed by atoms with van der Waals surface area (Å²) in [6.45, 7) is 0. The van der Waals surface area contributed by atoms with Crippen LogP contribution in [-0.4, -0.2) is 35.4 Å². The molecule has 1 fully saturated rings. The fraction of sp³-hybridized carbons (Fsp3) is 0.538. The van der Waals surface area contributed by atoms with E-state index in [-0.39, 0.29) is 18.2 Å². The highest BCUT2D eigenvalue weighted by atomic mass is 16.5. The highest BCUT2D eigenvalue weighted by Gasteiger charge is 2.20. The summed E-state index contributed by atoms with van der Waals surface area (Å²) in [5.74, 6) is 0.507. The maximum absolute atomic E-state index is 11.8. The summed E-state index contributed by atoms with van der Waals surface area (Å²) in [6, 6.07) is 3.31. The summed E-state index contributed by atoms with van der Waals surface area (Å²) in [7, 11) is 1.54. The van der Waals surface area contributed by atoms with Crippen LogP contribution < -0.4 is 15.4 Å². The SMILES string of the molecule is COc1ccc(NC(=O)NC2CCC(O)CC2)cn1. The summed E-state index contributed by atoms with van der Waals surface area (Å²) in [6.07, 6.45) is 4.45. The van der Waals surface area contributed by atoms with Gasteiger partial charge in [-0.2, -0.15) is 0 Å². The Morgan fingerprint density at radius 1 is 1.37 bits per heavy atom. The first-order valence-electron chi connectivity index (χ1n) is 6.43. The molecule has 0 spiro atoms. The third kappa shape index (κ3) is 4.10. The summed E-state index contributed by atoms with van der Waals surface area (Å²) in [5.41, 5.74) is 0.620. The minimum atomic E-state index is -0.242. The first kappa shape index (κ1) is 13.6. The van der Waals surface area contributed by atoms with Gasteiger partial charge in [0.1, 0.15) is 0 Å². The molecule has 104 valence electrons. The molecule has 19 heavy (non-hydrogen) atoms. The Morgan fingerprint density at radius 3 is 2.68 bits per heavy atom. The lowest BCUT2D eigenvalue weighted by molar-refractivity contribution is 0.118. The number of hydrogen-bond donors (Lipinski definition) is 3.